The highest BCUT2D eigenvalue weighted by atomic mass is 35.5. The van der Waals surface area contributed by atoms with Crippen LogP contribution in [0.2, 0.25) is 5.02 Å². The molecule has 1 amide bonds. The fourth-order valence-corrected chi connectivity index (χ4v) is 3.50. The molecule has 10 nitrogen and oxygen atoms in total. The van der Waals surface area contributed by atoms with Crippen molar-refractivity contribution in [3.63, 3.8) is 0 Å². The van der Waals surface area contributed by atoms with Crippen molar-refractivity contribution in [2.75, 3.05) is 44.6 Å². The Hall–Kier alpha value is -3.24. The molecule has 3 N–H and O–H groups in total. The van der Waals surface area contributed by atoms with Crippen molar-refractivity contribution in [3.8, 4) is 11.5 Å². The number of rotatable bonds is 11. The zero-order chi connectivity index (χ0) is 24.5. The minimum atomic E-state index is -0.756. The summed E-state index contributed by atoms with van der Waals surface area (Å²) in [6.45, 7) is 4.58. The molecule has 0 saturated heterocycles. The van der Waals surface area contributed by atoms with Crippen molar-refractivity contribution < 1.29 is 19.0 Å². The molecule has 0 atom stereocenters. The monoisotopic (exact) mass is 480 g/mol. The van der Waals surface area contributed by atoms with Crippen molar-refractivity contribution in [1.82, 2.24) is 9.55 Å². The number of methoxy groups -OCH3 is 2. The van der Waals surface area contributed by atoms with Crippen molar-refractivity contribution in [3.05, 3.63) is 49.6 Å². The number of aromatic nitrogens is 2. The van der Waals surface area contributed by atoms with Crippen LogP contribution in [0.5, 0.6) is 11.5 Å². The van der Waals surface area contributed by atoms with Crippen LogP contribution in [0, 0.1) is 0 Å². The van der Waals surface area contributed by atoms with Crippen molar-refractivity contribution in [1.29, 1.82) is 0 Å². The number of aromatic amines is 1. The summed E-state index contributed by atoms with van der Waals surface area (Å²) in [7, 11) is 2.95. The molecule has 1 aromatic carbocycles. The Bertz CT molecular complexity index is 1130. The Morgan fingerprint density at radius 3 is 2.61 bits per heavy atom. The van der Waals surface area contributed by atoms with Gasteiger partial charge in [0.2, 0.25) is 0 Å². The van der Waals surface area contributed by atoms with Gasteiger partial charge in [-0.05, 0) is 37.1 Å². The third-order valence-corrected chi connectivity index (χ3v) is 4.95. The molecule has 2 rings (SSSR count). The first kappa shape index (κ1) is 26.0. The molecule has 2 aromatic rings. The molecular weight excluding hydrogens is 452 g/mol. The summed E-state index contributed by atoms with van der Waals surface area (Å²) in [5.41, 5.74) is 5.22. The van der Waals surface area contributed by atoms with Gasteiger partial charge in [0.15, 0.2) is 17.2 Å². The fraction of sp³-hybridized carbons (Fsp3) is 0.409. The highest BCUT2D eigenvalue weighted by molar-refractivity contribution is 6.32. The molecule has 1 heterocycles. The molecule has 180 valence electrons. The third-order valence-electron chi connectivity index (χ3n) is 4.67. The number of nitrogen functional groups attached to an aromatic ring is 1. The van der Waals surface area contributed by atoms with Crippen LogP contribution < -0.4 is 31.4 Å². The number of benzene rings is 1. The topological polar surface area (TPSA) is 129 Å². The molecule has 0 bridgehead atoms. The number of H-pyrrole nitrogens is 1. The fourth-order valence-electron chi connectivity index (χ4n) is 3.20. The summed E-state index contributed by atoms with van der Waals surface area (Å²) in [6, 6.07) is 3.30. The summed E-state index contributed by atoms with van der Waals surface area (Å²) >= 11 is 6.27. The van der Waals surface area contributed by atoms with E-state index in [9.17, 15) is 14.4 Å². The number of nitrogens with two attached hydrogens (primary N) is 1. The van der Waals surface area contributed by atoms with Gasteiger partial charge in [0.05, 0.1) is 25.3 Å². The molecule has 0 spiro atoms. The molecule has 0 aliphatic rings. The lowest BCUT2D eigenvalue weighted by atomic mass is 10.1. The van der Waals surface area contributed by atoms with Crippen molar-refractivity contribution in [2.45, 2.75) is 26.8 Å². The number of hydrogen-bond donors (Lipinski definition) is 2. The number of anilines is 2. The maximum Gasteiger partial charge on any atom is 0.330 e. The van der Waals surface area contributed by atoms with E-state index < -0.39 is 17.2 Å². The van der Waals surface area contributed by atoms with Crippen LogP contribution in [-0.4, -0.2) is 49.4 Å². The van der Waals surface area contributed by atoms with Gasteiger partial charge in [-0.3, -0.25) is 24.0 Å². The molecule has 0 aliphatic heterocycles. The van der Waals surface area contributed by atoms with Crippen molar-refractivity contribution in [2.24, 2.45) is 0 Å². The van der Waals surface area contributed by atoms with Gasteiger partial charge in [-0.15, -0.1) is 0 Å². The first-order valence-corrected chi connectivity index (χ1v) is 10.8. The van der Waals surface area contributed by atoms with Gasteiger partial charge in [-0.1, -0.05) is 18.5 Å². The Kier molecular flexibility index (Phi) is 9.56. The summed E-state index contributed by atoms with van der Waals surface area (Å²) in [5, 5.41) is 0.319. The van der Waals surface area contributed by atoms with E-state index in [0.29, 0.717) is 41.7 Å². The van der Waals surface area contributed by atoms with Gasteiger partial charge in [-0.25, -0.2) is 4.79 Å². The number of halogens is 1. The smallest absolute Gasteiger partial charge is 0.330 e. The lowest BCUT2D eigenvalue weighted by molar-refractivity contribution is -0.114. The molecule has 33 heavy (non-hydrogen) atoms. The number of carbonyl (C=O) groups excluding carboxylic acids is 1. The van der Waals surface area contributed by atoms with Gasteiger partial charge in [0.25, 0.3) is 11.5 Å². The number of hydrogen-bond acceptors (Lipinski definition) is 7. The van der Waals surface area contributed by atoms with Crippen LogP contribution >= 0.6 is 11.6 Å². The van der Waals surface area contributed by atoms with E-state index in [1.165, 1.54) is 35.8 Å². The zero-order valence-electron chi connectivity index (χ0n) is 19.1. The van der Waals surface area contributed by atoms with E-state index in [0.717, 1.165) is 0 Å². The van der Waals surface area contributed by atoms with E-state index >= 15 is 0 Å². The first-order chi connectivity index (χ1) is 15.8. The Balaban J connectivity index is 2.48. The molecule has 1 aromatic heterocycles. The van der Waals surface area contributed by atoms with Crippen LogP contribution in [0.15, 0.2) is 27.8 Å². The maximum absolute atomic E-state index is 13.1. The van der Waals surface area contributed by atoms with Crippen LogP contribution in [0.3, 0.4) is 0 Å². The quantitative estimate of drug-likeness (QED) is 0.472. The van der Waals surface area contributed by atoms with Crippen LogP contribution in [0.1, 0.15) is 25.8 Å². The highest BCUT2D eigenvalue weighted by Gasteiger charge is 2.22. The van der Waals surface area contributed by atoms with E-state index in [2.05, 4.69) is 4.98 Å². The molecule has 0 aliphatic carbocycles. The number of amides is 1. The van der Waals surface area contributed by atoms with E-state index in [4.69, 9.17) is 31.5 Å². The average Bonchev–Trinajstić information content (AvgIpc) is 2.77. The minimum absolute atomic E-state index is 0.0465. The standard InChI is InChI=1S/C22H29ClN4O6/c1-5-9-27-20(24)18(21(29)25-22(27)30)26(10-11-31-3)17(28)8-7-14-12-15(23)19(32-4)16(13-14)33-6-2/h7-8,12-13H,5-6,9-11,24H2,1-4H3,(H,25,29,30)/b8-7+. The lowest BCUT2D eigenvalue weighted by Crippen LogP contribution is -2.42. The second-order valence-electron chi connectivity index (χ2n) is 6.93. The summed E-state index contributed by atoms with van der Waals surface area (Å²) in [6.07, 6.45) is 3.42. The van der Waals surface area contributed by atoms with Gasteiger partial charge >= 0.3 is 5.69 Å². The number of carbonyl (C=O) groups is 1. The molecule has 0 saturated carbocycles. The average molecular weight is 481 g/mol. The molecule has 0 radical (unpaired) electrons. The predicted molar refractivity (Wildman–Crippen MR) is 128 cm³/mol. The zero-order valence-corrected chi connectivity index (χ0v) is 19.9. The highest BCUT2D eigenvalue weighted by Crippen LogP contribution is 2.36. The first-order valence-electron chi connectivity index (χ1n) is 10.4. The maximum atomic E-state index is 13.1. The molecule has 0 fully saturated rings. The van der Waals surface area contributed by atoms with E-state index in [1.54, 1.807) is 12.1 Å². The van der Waals surface area contributed by atoms with Gasteiger partial charge in [-0.2, -0.15) is 0 Å². The number of nitrogens with zero attached hydrogens (tertiary/aromatic N) is 2. The summed E-state index contributed by atoms with van der Waals surface area (Å²) < 4.78 is 17.1. The van der Waals surface area contributed by atoms with E-state index in [1.807, 2.05) is 13.8 Å². The second-order valence-corrected chi connectivity index (χ2v) is 7.34. The third kappa shape index (κ3) is 6.17. The lowest BCUT2D eigenvalue weighted by Gasteiger charge is -2.23. The van der Waals surface area contributed by atoms with E-state index in [-0.39, 0.29) is 24.7 Å². The van der Waals surface area contributed by atoms with Gasteiger partial charge in [0.1, 0.15) is 5.82 Å². The second kappa shape index (κ2) is 12.1. The Morgan fingerprint density at radius 1 is 1.27 bits per heavy atom. The van der Waals surface area contributed by atoms with Crippen LogP contribution in [0.25, 0.3) is 6.08 Å². The minimum Gasteiger partial charge on any atom is -0.491 e. The van der Waals surface area contributed by atoms with Crippen LogP contribution in [-0.2, 0) is 16.1 Å². The molecule has 11 heteroatoms. The largest absolute Gasteiger partial charge is 0.491 e. The number of nitrogens with one attached hydrogen (secondary N) is 1. The predicted octanol–water partition coefficient (Wildman–Crippen LogP) is 2.28. The van der Waals surface area contributed by atoms with Gasteiger partial charge < -0.3 is 19.9 Å². The Labute approximate surface area is 196 Å². The molecular formula is C22H29ClN4O6. The number of ether oxygens (including phenoxy) is 3. The summed E-state index contributed by atoms with van der Waals surface area (Å²) in [5.74, 6) is 0.204. The van der Waals surface area contributed by atoms with Gasteiger partial charge in [0, 0.05) is 26.3 Å². The molecule has 0 unspecified atom stereocenters. The van der Waals surface area contributed by atoms with Crippen LogP contribution in [0.4, 0.5) is 11.5 Å². The normalized spacial score (nSPS) is 11.1. The SMILES string of the molecule is CCCn1c(N)c(N(CCOC)C(=O)/C=C/c2cc(Cl)c(OC)c(OCC)c2)c(=O)[nH]c1=O. The van der Waals surface area contributed by atoms with Crippen molar-refractivity contribution >= 4 is 35.1 Å². The Morgan fingerprint density at radius 2 is 2.00 bits per heavy atom. The summed E-state index contributed by atoms with van der Waals surface area (Å²) in [4.78, 5) is 41.2.